The van der Waals surface area contributed by atoms with Crippen molar-refractivity contribution < 1.29 is 4.39 Å². The van der Waals surface area contributed by atoms with Crippen LogP contribution in [0, 0.1) is 5.82 Å². The Morgan fingerprint density at radius 3 is 2.63 bits per heavy atom. The molecule has 0 aliphatic carbocycles. The van der Waals surface area contributed by atoms with Crippen LogP contribution < -0.4 is 10.6 Å². The molecule has 0 unspecified atom stereocenters. The summed E-state index contributed by atoms with van der Waals surface area (Å²) in [6.45, 7) is 0. The van der Waals surface area contributed by atoms with Crippen LogP contribution >= 0.6 is 39.1 Å². The highest BCUT2D eigenvalue weighted by Crippen LogP contribution is 2.35. The van der Waals surface area contributed by atoms with Gasteiger partial charge in [-0.05, 0) is 28.1 Å². The van der Waals surface area contributed by atoms with Crippen LogP contribution in [0.1, 0.15) is 0 Å². The van der Waals surface area contributed by atoms with Crippen LogP contribution in [0.3, 0.4) is 0 Å². The maximum absolute atomic E-state index is 13.1. The number of hydrogen-bond acceptors (Lipinski definition) is 4. The van der Waals surface area contributed by atoms with Gasteiger partial charge in [0, 0.05) is 11.5 Å². The van der Waals surface area contributed by atoms with E-state index >= 15 is 0 Å². The van der Waals surface area contributed by atoms with Crippen LogP contribution in [0.2, 0.25) is 10.0 Å². The number of halogens is 4. The van der Waals surface area contributed by atoms with E-state index in [4.69, 9.17) is 23.2 Å². The first-order valence-corrected chi connectivity index (χ1v) is 6.68. The van der Waals surface area contributed by atoms with E-state index in [1.165, 1.54) is 18.3 Å². The average molecular weight is 366 g/mol. The number of rotatable bonds is 3. The lowest BCUT2D eigenvalue weighted by atomic mass is 10.3. The molecule has 0 spiro atoms. The van der Waals surface area contributed by atoms with Gasteiger partial charge in [-0.15, -0.1) is 0 Å². The molecule has 2 N–H and O–H groups in total. The first-order valence-electron chi connectivity index (χ1n) is 5.13. The molecule has 2 rings (SSSR count). The van der Waals surface area contributed by atoms with E-state index in [2.05, 4.69) is 36.5 Å². The minimum atomic E-state index is -0.438. The fourth-order valence-corrected chi connectivity index (χ4v) is 2.39. The van der Waals surface area contributed by atoms with E-state index in [0.717, 1.165) is 0 Å². The molecule has 2 aromatic rings. The number of nitrogens with zero attached hydrogens (tertiary/aromatic N) is 2. The van der Waals surface area contributed by atoms with Crippen molar-refractivity contribution in [3.63, 3.8) is 0 Å². The molecule has 0 amide bonds. The third kappa shape index (κ3) is 3.26. The smallest absolute Gasteiger partial charge is 0.224 e. The van der Waals surface area contributed by atoms with Gasteiger partial charge in [0.15, 0.2) is 5.82 Å². The minimum absolute atomic E-state index is 0.215. The Balaban J connectivity index is 2.41. The molecule has 0 atom stereocenters. The SMILES string of the molecule is CNc1ncc(Cl)c(Nc2c(Cl)cc(F)cc2Br)n1. The van der Waals surface area contributed by atoms with Gasteiger partial charge < -0.3 is 10.6 Å². The molecule has 0 fully saturated rings. The largest absolute Gasteiger partial charge is 0.357 e. The lowest BCUT2D eigenvalue weighted by Crippen LogP contribution is -2.02. The number of hydrogen-bond donors (Lipinski definition) is 2. The van der Waals surface area contributed by atoms with Crippen molar-refractivity contribution in [1.82, 2.24) is 9.97 Å². The minimum Gasteiger partial charge on any atom is -0.357 e. The summed E-state index contributed by atoms with van der Waals surface area (Å²) in [4.78, 5) is 8.11. The van der Waals surface area contributed by atoms with Crippen molar-refractivity contribution >= 4 is 56.6 Å². The van der Waals surface area contributed by atoms with Crippen molar-refractivity contribution in [2.75, 3.05) is 17.7 Å². The molecule has 100 valence electrons. The van der Waals surface area contributed by atoms with E-state index in [1.54, 1.807) is 7.05 Å². The summed E-state index contributed by atoms with van der Waals surface area (Å²) in [6.07, 6.45) is 1.45. The number of benzene rings is 1. The summed E-state index contributed by atoms with van der Waals surface area (Å²) < 4.78 is 13.6. The molecule has 1 aromatic carbocycles. The summed E-state index contributed by atoms with van der Waals surface area (Å²) in [7, 11) is 1.69. The summed E-state index contributed by atoms with van der Waals surface area (Å²) in [5, 5.41) is 6.28. The summed E-state index contributed by atoms with van der Waals surface area (Å²) in [6, 6.07) is 2.49. The molecule has 0 bridgehead atoms. The Labute approximate surface area is 127 Å². The summed E-state index contributed by atoms with van der Waals surface area (Å²) in [5.74, 6) is 0.337. The molecule has 8 heteroatoms. The fraction of sp³-hybridized carbons (Fsp3) is 0.0909. The first-order chi connectivity index (χ1) is 9.01. The molecule has 0 radical (unpaired) electrons. The molecule has 4 nitrogen and oxygen atoms in total. The van der Waals surface area contributed by atoms with Gasteiger partial charge in [0.2, 0.25) is 5.95 Å². The number of anilines is 3. The summed E-state index contributed by atoms with van der Waals surface area (Å²) >= 11 is 15.2. The van der Waals surface area contributed by atoms with Crippen molar-refractivity contribution in [3.05, 3.63) is 38.7 Å². The van der Waals surface area contributed by atoms with Gasteiger partial charge in [-0.1, -0.05) is 23.2 Å². The maximum atomic E-state index is 13.1. The normalized spacial score (nSPS) is 10.4. The lowest BCUT2D eigenvalue weighted by molar-refractivity contribution is 0.627. The molecule has 0 saturated carbocycles. The average Bonchev–Trinajstić information content (AvgIpc) is 2.35. The second-order valence-corrected chi connectivity index (χ2v) is 5.18. The molecule has 0 aliphatic rings. The molecule has 1 heterocycles. The van der Waals surface area contributed by atoms with Gasteiger partial charge in [0.25, 0.3) is 0 Å². The fourth-order valence-electron chi connectivity index (χ4n) is 1.36. The lowest BCUT2D eigenvalue weighted by Gasteiger charge is -2.12. The van der Waals surface area contributed by atoms with Crippen LogP contribution in [0.15, 0.2) is 22.8 Å². The Morgan fingerprint density at radius 2 is 2.00 bits per heavy atom. The second-order valence-electron chi connectivity index (χ2n) is 3.51. The monoisotopic (exact) mass is 364 g/mol. The van der Waals surface area contributed by atoms with E-state index in [-0.39, 0.29) is 5.02 Å². The molecular weight excluding hydrogens is 358 g/mol. The highest BCUT2D eigenvalue weighted by molar-refractivity contribution is 9.10. The van der Waals surface area contributed by atoms with Crippen molar-refractivity contribution in [2.45, 2.75) is 0 Å². The second kappa shape index (κ2) is 5.90. The molecule has 0 aliphatic heterocycles. The molecule has 1 aromatic heterocycles. The third-order valence-electron chi connectivity index (χ3n) is 2.22. The van der Waals surface area contributed by atoms with Gasteiger partial charge in [0.05, 0.1) is 16.9 Å². The Hall–Kier alpha value is -1.11. The Bertz CT molecular complexity index is 601. The van der Waals surface area contributed by atoms with Crippen LogP contribution in [-0.4, -0.2) is 17.0 Å². The summed E-state index contributed by atoms with van der Waals surface area (Å²) in [5.41, 5.74) is 0.478. The van der Waals surface area contributed by atoms with Gasteiger partial charge >= 0.3 is 0 Å². The predicted molar refractivity (Wildman–Crippen MR) is 79.0 cm³/mol. The van der Waals surface area contributed by atoms with Crippen LogP contribution in [-0.2, 0) is 0 Å². The topological polar surface area (TPSA) is 49.8 Å². The Kier molecular flexibility index (Phi) is 4.44. The van der Waals surface area contributed by atoms with Gasteiger partial charge in [-0.3, -0.25) is 0 Å². The zero-order valence-corrected chi connectivity index (χ0v) is 12.7. The van der Waals surface area contributed by atoms with E-state index in [1.807, 2.05) is 0 Å². The predicted octanol–water partition coefficient (Wildman–Crippen LogP) is 4.47. The van der Waals surface area contributed by atoms with Crippen molar-refractivity contribution in [1.29, 1.82) is 0 Å². The Morgan fingerprint density at radius 1 is 1.26 bits per heavy atom. The van der Waals surface area contributed by atoms with Gasteiger partial charge in [0.1, 0.15) is 10.8 Å². The molecule has 0 saturated heterocycles. The van der Waals surface area contributed by atoms with E-state index in [9.17, 15) is 4.39 Å². The van der Waals surface area contributed by atoms with E-state index in [0.29, 0.717) is 26.9 Å². The number of nitrogens with one attached hydrogen (secondary N) is 2. The quantitative estimate of drug-likeness (QED) is 0.842. The van der Waals surface area contributed by atoms with E-state index < -0.39 is 5.82 Å². The van der Waals surface area contributed by atoms with Gasteiger partial charge in [-0.25, -0.2) is 9.37 Å². The highest BCUT2D eigenvalue weighted by atomic mass is 79.9. The van der Waals surface area contributed by atoms with Crippen LogP contribution in [0.4, 0.5) is 21.8 Å². The standard InChI is InChI=1S/C11H8BrCl2FN4/c1-16-11-17-4-8(14)10(19-11)18-9-6(12)2-5(15)3-7(9)13/h2-4H,1H3,(H2,16,17,18,19). The maximum Gasteiger partial charge on any atom is 0.224 e. The highest BCUT2D eigenvalue weighted by Gasteiger charge is 2.12. The molecule has 19 heavy (non-hydrogen) atoms. The van der Waals surface area contributed by atoms with Crippen molar-refractivity contribution in [2.24, 2.45) is 0 Å². The third-order valence-corrected chi connectivity index (χ3v) is 3.42. The zero-order valence-electron chi connectivity index (χ0n) is 9.64. The van der Waals surface area contributed by atoms with Crippen LogP contribution in [0.5, 0.6) is 0 Å². The number of aromatic nitrogens is 2. The zero-order chi connectivity index (χ0) is 14.0. The van der Waals surface area contributed by atoms with Crippen LogP contribution in [0.25, 0.3) is 0 Å². The molecular formula is C11H8BrCl2FN4. The van der Waals surface area contributed by atoms with Gasteiger partial charge in [-0.2, -0.15) is 4.98 Å². The first kappa shape index (κ1) is 14.3. The van der Waals surface area contributed by atoms with Crippen molar-refractivity contribution in [3.8, 4) is 0 Å².